The summed E-state index contributed by atoms with van der Waals surface area (Å²) in [7, 11) is 0. The Hall–Kier alpha value is -2.80. The van der Waals surface area contributed by atoms with Crippen LogP contribution in [0.2, 0.25) is 0 Å². The van der Waals surface area contributed by atoms with E-state index in [4.69, 9.17) is 0 Å². The van der Waals surface area contributed by atoms with E-state index in [0.29, 0.717) is 18.4 Å². The van der Waals surface area contributed by atoms with E-state index >= 15 is 0 Å². The largest absolute Gasteiger partial charge is 0.344 e. The lowest BCUT2D eigenvalue weighted by atomic mass is 9.87. The molecule has 6 nitrogen and oxygen atoms in total. The van der Waals surface area contributed by atoms with Crippen LogP contribution in [-0.4, -0.2) is 28.1 Å². The Balaban J connectivity index is 1.52. The highest BCUT2D eigenvalue weighted by atomic mass is 32.2. The highest BCUT2D eigenvalue weighted by Crippen LogP contribution is 2.37. The molecule has 2 aliphatic heterocycles. The maximum atomic E-state index is 13.1. The molecule has 2 heterocycles. The SMILES string of the molecule is CCC1(c2ccccc2)NC(=O)N(NC(=O)C2Cc3ccccc3S2)C1=O. The number of rotatable bonds is 4. The maximum absolute atomic E-state index is 13.1. The van der Waals surface area contributed by atoms with Crippen molar-refractivity contribution in [3.05, 3.63) is 65.7 Å². The first-order valence-electron chi connectivity index (χ1n) is 8.82. The van der Waals surface area contributed by atoms with E-state index in [2.05, 4.69) is 10.7 Å². The Bertz CT molecular complexity index is 893. The van der Waals surface area contributed by atoms with Crippen molar-refractivity contribution in [2.75, 3.05) is 0 Å². The summed E-state index contributed by atoms with van der Waals surface area (Å²) < 4.78 is 0. The van der Waals surface area contributed by atoms with E-state index in [1.807, 2.05) is 49.4 Å². The lowest BCUT2D eigenvalue weighted by Gasteiger charge is -2.25. The van der Waals surface area contributed by atoms with Gasteiger partial charge >= 0.3 is 6.03 Å². The van der Waals surface area contributed by atoms with E-state index in [1.54, 1.807) is 12.1 Å². The van der Waals surface area contributed by atoms with E-state index in [-0.39, 0.29) is 11.2 Å². The van der Waals surface area contributed by atoms with Crippen LogP contribution in [0.1, 0.15) is 24.5 Å². The van der Waals surface area contributed by atoms with Crippen LogP contribution in [0, 0.1) is 0 Å². The lowest BCUT2D eigenvalue weighted by Crippen LogP contribution is -2.50. The molecule has 4 amide bonds. The zero-order chi connectivity index (χ0) is 19.0. The Labute approximate surface area is 161 Å². The Kier molecular flexibility index (Phi) is 4.39. The molecular formula is C20H19N3O3S. The minimum atomic E-state index is -1.16. The molecule has 2 aromatic rings. The molecule has 7 heteroatoms. The number of hydrazine groups is 1. The van der Waals surface area contributed by atoms with Gasteiger partial charge in [-0.2, -0.15) is 5.01 Å². The van der Waals surface area contributed by atoms with Gasteiger partial charge in [0.2, 0.25) is 0 Å². The number of carbonyl (C=O) groups is 3. The molecule has 0 saturated carbocycles. The molecule has 2 aromatic carbocycles. The van der Waals surface area contributed by atoms with Gasteiger partial charge in [-0.3, -0.25) is 15.0 Å². The zero-order valence-electron chi connectivity index (χ0n) is 14.8. The summed E-state index contributed by atoms with van der Waals surface area (Å²) in [4.78, 5) is 39.3. The summed E-state index contributed by atoms with van der Waals surface area (Å²) in [5.74, 6) is -0.810. The third kappa shape index (κ3) is 2.88. The summed E-state index contributed by atoms with van der Waals surface area (Å²) in [5, 5.41) is 3.22. The smallest absolute Gasteiger partial charge is 0.318 e. The van der Waals surface area contributed by atoms with Gasteiger partial charge in [-0.15, -0.1) is 11.8 Å². The molecule has 2 aliphatic rings. The number of carbonyl (C=O) groups excluding carboxylic acids is 3. The molecule has 0 aliphatic carbocycles. The molecule has 1 saturated heterocycles. The molecule has 0 spiro atoms. The van der Waals surface area contributed by atoms with Gasteiger partial charge in [-0.1, -0.05) is 55.5 Å². The van der Waals surface area contributed by atoms with Crippen LogP contribution < -0.4 is 10.7 Å². The number of hydrogen-bond acceptors (Lipinski definition) is 4. The fourth-order valence-electron chi connectivity index (χ4n) is 3.55. The summed E-state index contributed by atoms with van der Waals surface area (Å²) >= 11 is 1.45. The lowest BCUT2D eigenvalue weighted by molar-refractivity contribution is -0.139. The Morgan fingerprint density at radius 3 is 2.59 bits per heavy atom. The topological polar surface area (TPSA) is 78.5 Å². The highest BCUT2D eigenvalue weighted by molar-refractivity contribution is 8.01. The van der Waals surface area contributed by atoms with E-state index in [9.17, 15) is 14.4 Å². The monoisotopic (exact) mass is 381 g/mol. The molecule has 2 unspecified atom stereocenters. The zero-order valence-corrected chi connectivity index (χ0v) is 15.6. The molecule has 1 fully saturated rings. The number of thioether (sulfide) groups is 1. The molecule has 138 valence electrons. The fraction of sp³-hybridized carbons (Fsp3) is 0.250. The quantitative estimate of drug-likeness (QED) is 0.798. The van der Waals surface area contributed by atoms with Crippen molar-refractivity contribution in [3.63, 3.8) is 0 Å². The van der Waals surface area contributed by atoms with Gasteiger partial charge in [0, 0.05) is 4.90 Å². The van der Waals surface area contributed by atoms with Gasteiger partial charge in [0.05, 0.1) is 5.25 Å². The fourth-order valence-corrected chi connectivity index (χ4v) is 4.74. The van der Waals surface area contributed by atoms with Crippen molar-refractivity contribution < 1.29 is 14.4 Å². The maximum Gasteiger partial charge on any atom is 0.344 e. The van der Waals surface area contributed by atoms with Gasteiger partial charge < -0.3 is 5.32 Å². The van der Waals surface area contributed by atoms with Crippen molar-refractivity contribution >= 4 is 29.6 Å². The van der Waals surface area contributed by atoms with Gasteiger partial charge in [0.1, 0.15) is 5.54 Å². The number of amides is 4. The molecule has 0 bridgehead atoms. The number of hydrogen-bond donors (Lipinski definition) is 2. The second kappa shape index (κ2) is 6.74. The number of benzene rings is 2. The van der Waals surface area contributed by atoms with Gasteiger partial charge in [-0.25, -0.2) is 4.79 Å². The van der Waals surface area contributed by atoms with Gasteiger partial charge in [0.15, 0.2) is 0 Å². The molecule has 0 aromatic heterocycles. The third-order valence-corrected chi connectivity index (χ3v) is 6.37. The van der Waals surface area contributed by atoms with Gasteiger partial charge in [-0.05, 0) is 30.0 Å². The summed E-state index contributed by atoms with van der Waals surface area (Å²) in [6.45, 7) is 1.83. The normalized spacial score (nSPS) is 23.9. The van der Waals surface area contributed by atoms with Crippen LogP contribution in [0.3, 0.4) is 0 Å². The van der Waals surface area contributed by atoms with E-state index < -0.39 is 17.5 Å². The molecule has 4 rings (SSSR count). The predicted molar refractivity (Wildman–Crippen MR) is 102 cm³/mol. The molecule has 0 radical (unpaired) electrons. The molecule has 2 N–H and O–H groups in total. The van der Waals surface area contributed by atoms with Crippen LogP contribution in [0.5, 0.6) is 0 Å². The first kappa shape index (κ1) is 17.6. The average Bonchev–Trinajstić information content (AvgIpc) is 3.23. The van der Waals surface area contributed by atoms with E-state index in [1.165, 1.54) is 11.8 Å². The summed E-state index contributed by atoms with van der Waals surface area (Å²) in [6.07, 6.45) is 0.964. The number of nitrogens with zero attached hydrogens (tertiary/aromatic N) is 1. The average molecular weight is 381 g/mol. The molecular weight excluding hydrogens is 362 g/mol. The van der Waals surface area contributed by atoms with Crippen LogP contribution in [0.4, 0.5) is 4.79 Å². The van der Waals surface area contributed by atoms with Crippen molar-refractivity contribution in [3.8, 4) is 0 Å². The number of nitrogens with one attached hydrogen (secondary N) is 2. The molecule has 27 heavy (non-hydrogen) atoms. The van der Waals surface area contributed by atoms with E-state index in [0.717, 1.165) is 15.5 Å². The van der Waals surface area contributed by atoms with Crippen molar-refractivity contribution in [1.82, 2.24) is 15.8 Å². The highest BCUT2D eigenvalue weighted by Gasteiger charge is 2.52. The second-order valence-corrected chi connectivity index (χ2v) is 7.83. The second-order valence-electron chi connectivity index (χ2n) is 6.59. The first-order chi connectivity index (χ1) is 13.0. The van der Waals surface area contributed by atoms with Crippen LogP contribution in [0.15, 0.2) is 59.5 Å². The standard InChI is InChI=1S/C20H19N3O3S/c1-2-20(14-9-4-3-5-10-14)18(25)23(19(26)21-20)22-17(24)16-12-13-8-6-7-11-15(13)27-16/h3-11,16H,2,12H2,1H3,(H,21,26)(H,22,24). The number of urea groups is 1. The molecule has 2 atom stereocenters. The van der Waals surface area contributed by atoms with Crippen LogP contribution >= 0.6 is 11.8 Å². The minimum absolute atomic E-state index is 0.348. The third-order valence-electron chi connectivity index (χ3n) is 5.05. The first-order valence-corrected chi connectivity index (χ1v) is 9.70. The van der Waals surface area contributed by atoms with Crippen LogP contribution in [-0.2, 0) is 21.5 Å². The Morgan fingerprint density at radius 2 is 1.89 bits per heavy atom. The van der Waals surface area contributed by atoms with Crippen molar-refractivity contribution in [2.45, 2.75) is 35.4 Å². The summed E-state index contributed by atoms with van der Waals surface area (Å²) in [5.41, 5.74) is 3.17. The number of fused-ring (bicyclic) bond motifs is 1. The summed E-state index contributed by atoms with van der Waals surface area (Å²) in [6, 6.07) is 16.3. The predicted octanol–water partition coefficient (Wildman–Crippen LogP) is 2.59. The van der Waals surface area contributed by atoms with Gasteiger partial charge in [0.25, 0.3) is 11.8 Å². The van der Waals surface area contributed by atoms with Crippen molar-refractivity contribution in [2.24, 2.45) is 0 Å². The Morgan fingerprint density at radius 1 is 1.19 bits per heavy atom. The van der Waals surface area contributed by atoms with Crippen LogP contribution in [0.25, 0.3) is 0 Å². The minimum Gasteiger partial charge on any atom is -0.318 e. The number of imide groups is 1. The van der Waals surface area contributed by atoms with Crippen molar-refractivity contribution in [1.29, 1.82) is 0 Å².